The smallest absolute Gasteiger partial charge is 0.408 e. The van der Waals surface area contributed by atoms with Crippen molar-refractivity contribution in [3.63, 3.8) is 0 Å². The van der Waals surface area contributed by atoms with Gasteiger partial charge >= 0.3 is 6.09 Å². The zero-order valence-electron chi connectivity index (χ0n) is 24.3. The van der Waals surface area contributed by atoms with Crippen molar-refractivity contribution in [1.29, 1.82) is 0 Å². The molecule has 0 aliphatic heterocycles. The number of nitrogens with zero attached hydrogens (tertiary/aromatic N) is 1. The molecule has 0 spiro atoms. The molecule has 0 aliphatic carbocycles. The Hall–Kier alpha value is -3.88. The number of nitrogens with one attached hydrogen (secondary N) is 2. The lowest BCUT2D eigenvalue weighted by Gasteiger charge is -2.43. The molecule has 0 bridgehead atoms. The third-order valence-electron chi connectivity index (χ3n) is 5.99. The molecule has 0 fully saturated rings. The number of amides is 4. The molecule has 0 saturated heterocycles. The molecular formula is C30H42N4O5. The second kappa shape index (κ2) is 12.8. The summed E-state index contributed by atoms with van der Waals surface area (Å²) >= 11 is 0. The first-order valence-electron chi connectivity index (χ1n) is 13.0. The van der Waals surface area contributed by atoms with Gasteiger partial charge < -0.3 is 26.0 Å². The fourth-order valence-electron chi connectivity index (χ4n) is 4.38. The van der Waals surface area contributed by atoms with Gasteiger partial charge in [0.2, 0.25) is 17.7 Å². The van der Waals surface area contributed by atoms with Crippen molar-refractivity contribution >= 4 is 23.8 Å². The third-order valence-corrected chi connectivity index (χ3v) is 5.99. The Bertz CT molecular complexity index is 1160. The van der Waals surface area contributed by atoms with Crippen LogP contribution < -0.4 is 16.4 Å². The number of rotatable bonds is 9. The number of carbonyl (C=O) groups is 4. The van der Waals surface area contributed by atoms with Crippen LogP contribution in [0.4, 0.5) is 4.79 Å². The number of alkyl carbamates (subject to hydrolysis) is 1. The maximum Gasteiger partial charge on any atom is 0.408 e. The van der Waals surface area contributed by atoms with E-state index in [2.05, 4.69) is 10.6 Å². The van der Waals surface area contributed by atoms with Crippen LogP contribution in [0.3, 0.4) is 0 Å². The van der Waals surface area contributed by atoms with Crippen LogP contribution in [0.1, 0.15) is 76.3 Å². The number of hydrogen-bond acceptors (Lipinski definition) is 5. The first-order chi connectivity index (χ1) is 18.0. The summed E-state index contributed by atoms with van der Waals surface area (Å²) in [7, 11) is 0. The highest BCUT2D eigenvalue weighted by molar-refractivity contribution is 5.95. The Labute approximate surface area is 231 Å². The third kappa shape index (κ3) is 9.12. The number of hydrogen-bond donors (Lipinski definition) is 3. The van der Waals surface area contributed by atoms with Crippen LogP contribution in [-0.2, 0) is 25.7 Å². The molecule has 212 valence electrons. The predicted molar refractivity (Wildman–Crippen MR) is 151 cm³/mol. The first-order valence-corrected chi connectivity index (χ1v) is 13.0. The van der Waals surface area contributed by atoms with Gasteiger partial charge in [0, 0.05) is 12.1 Å². The van der Waals surface area contributed by atoms with Gasteiger partial charge in [-0.1, -0.05) is 48.5 Å². The van der Waals surface area contributed by atoms with Gasteiger partial charge in [-0.15, -0.1) is 0 Å². The number of benzene rings is 2. The molecule has 2 rings (SSSR count). The zero-order chi connectivity index (χ0) is 29.5. The largest absolute Gasteiger partial charge is 0.444 e. The second-order valence-electron chi connectivity index (χ2n) is 11.7. The zero-order valence-corrected chi connectivity index (χ0v) is 24.3. The summed E-state index contributed by atoms with van der Waals surface area (Å²) in [4.78, 5) is 54.2. The number of aryl methyl sites for hydroxylation is 2. The minimum atomic E-state index is -1.34. The van der Waals surface area contributed by atoms with Gasteiger partial charge in [-0.05, 0) is 77.6 Å². The average molecular weight is 539 g/mol. The van der Waals surface area contributed by atoms with Crippen molar-refractivity contribution in [2.75, 3.05) is 0 Å². The highest BCUT2D eigenvalue weighted by Crippen LogP contribution is 2.34. The van der Waals surface area contributed by atoms with Crippen molar-refractivity contribution in [3.8, 4) is 0 Å². The minimum Gasteiger partial charge on any atom is -0.444 e. The summed E-state index contributed by atoms with van der Waals surface area (Å²) in [5.74, 6) is -1.81. The lowest BCUT2D eigenvalue weighted by molar-refractivity contribution is -0.149. The van der Waals surface area contributed by atoms with Crippen molar-refractivity contribution in [2.24, 2.45) is 5.73 Å². The number of ether oxygens (including phenoxy) is 1. The maximum atomic E-state index is 14.2. The summed E-state index contributed by atoms with van der Waals surface area (Å²) in [6.07, 6.45) is -1.33. The molecule has 2 aromatic carbocycles. The second-order valence-corrected chi connectivity index (χ2v) is 11.7. The molecule has 2 aromatic rings. The van der Waals surface area contributed by atoms with E-state index in [1.165, 1.54) is 4.90 Å². The molecule has 0 radical (unpaired) electrons. The van der Waals surface area contributed by atoms with E-state index in [1.807, 2.05) is 62.4 Å². The Morgan fingerprint density at radius 1 is 0.897 bits per heavy atom. The van der Waals surface area contributed by atoms with Gasteiger partial charge in [-0.2, -0.15) is 0 Å². The van der Waals surface area contributed by atoms with Gasteiger partial charge in [0.05, 0.1) is 6.42 Å². The molecule has 0 heterocycles. The lowest BCUT2D eigenvalue weighted by atomic mass is 9.90. The average Bonchev–Trinajstić information content (AvgIpc) is 2.79. The van der Waals surface area contributed by atoms with Gasteiger partial charge in [-0.25, -0.2) is 4.79 Å². The summed E-state index contributed by atoms with van der Waals surface area (Å²) in [6.45, 7) is 14.5. The topological polar surface area (TPSA) is 131 Å². The van der Waals surface area contributed by atoms with Crippen LogP contribution >= 0.6 is 0 Å². The van der Waals surface area contributed by atoms with E-state index in [0.717, 1.165) is 16.7 Å². The van der Waals surface area contributed by atoms with Crippen LogP contribution in [0.5, 0.6) is 0 Å². The molecule has 0 saturated carbocycles. The van der Waals surface area contributed by atoms with Gasteiger partial charge in [0.15, 0.2) is 0 Å². The summed E-state index contributed by atoms with van der Waals surface area (Å²) in [5, 5.41) is 5.48. The SMILES string of the molecule is Cc1cccc(C)c1C(C(=O)NCc1ccccc1)N(C(=O)C(CC(N)=O)NC(=O)OC(C)(C)C)C(C)(C)C. The van der Waals surface area contributed by atoms with E-state index in [4.69, 9.17) is 10.5 Å². The highest BCUT2D eigenvalue weighted by Gasteiger charge is 2.43. The van der Waals surface area contributed by atoms with E-state index in [0.29, 0.717) is 5.56 Å². The van der Waals surface area contributed by atoms with E-state index in [9.17, 15) is 19.2 Å². The Morgan fingerprint density at radius 3 is 1.95 bits per heavy atom. The van der Waals surface area contributed by atoms with E-state index in [1.54, 1.807) is 41.5 Å². The molecule has 9 heteroatoms. The van der Waals surface area contributed by atoms with Crippen LogP contribution in [0.2, 0.25) is 0 Å². The summed E-state index contributed by atoms with van der Waals surface area (Å²) in [6, 6.07) is 12.7. The first kappa shape index (κ1) is 31.3. The number of primary amides is 1. The van der Waals surface area contributed by atoms with Crippen LogP contribution in [0.15, 0.2) is 48.5 Å². The standard InChI is InChI=1S/C30H42N4O5/c1-19-13-12-14-20(2)24(19)25(26(36)32-18-21-15-10-9-11-16-21)34(29(3,4)5)27(37)22(17-23(31)35)33-28(38)39-30(6,7)8/h9-16,22,25H,17-18H2,1-8H3,(H2,31,35)(H,32,36)(H,33,38). The van der Waals surface area contributed by atoms with Gasteiger partial charge in [0.25, 0.3) is 0 Å². The van der Waals surface area contributed by atoms with Crippen molar-refractivity contribution in [2.45, 2.75) is 91.6 Å². The molecule has 2 unspecified atom stereocenters. The normalized spacial score (nSPS) is 13.1. The van der Waals surface area contributed by atoms with Crippen LogP contribution in [0.25, 0.3) is 0 Å². The van der Waals surface area contributed by atoms with Crippen molar-refractivity contribution < 1.29 is 23.9 Å². The molecule has 4 N–H and O–H groups in total. The van der Waals surface area contributed by atoms with E-state index >= 15 is 0 Å². The number of carbonyl (C=O) groups excluding carboxylic acids is 4. The number of nitrogens with two attached hydrogens (primary N) is 1. The van der Waals surface area contributed by atoms with Gasteiger partial charge in [-0.3, -0.25) is 14.4 Å². The molecule has 0 aliphatic rings. The molecule has 0 aromatic heterocycles. The Morgan fingerprint density at radius 2 is 1.46 bits per heavy atom. The molecule has 39 heavy (non-hydrogen) atoms. The fourth-order valence-corrected chi connectivity index (χ4v) is 4.38. The van der Waals surface area contributed by atoms with Crippen LogP contribution in [-0.4, -0.2) is 45.9 Å². The molecule has 9 nitrogen and oxygen atoms in total. The molecule has 2 atom stereocenters. The van der Waals surface area contributed by atoms with Crippen molar-refractivity contribution in [3.05, 3.63) is 70.8 Å². The fraction of sp³-hybridized carbons (Fsp3) is 0.467. The van der Waals surface area contributed by atoms with Crippen LogP contribution in [0, 0.1) is 13.8 Å². The van der Waals surface area contributed by atoms with E-state index in [-0.39, 0.29) is 6.54 Å². The highest BCUT2D eigenvalue weighted by atomic mass is 16.6. The quantitative estimate of drug-likeness (QED) is 0.443. The summed E-state index contributed by atoms with van der Waals surface area (Å²) in [5.41, 5.74) is 6.96. The van der Waals surface area contributed by atoms with Crippen molar-refractivity contribution in [1.82, 2.24) is 15.5 Å². The summed E-state index contributed by atoms with van der Waals surface area (Å²) < 4.78 is 5.33. The monoisotopic (exact) mass is 538 g/mol. The molecular weight excluding hydrogens is 496 g/mol. The van der Waals surface area contributed by atoms with Gasteiger partial charge in [0.1, 0.15) is 17.7 Å². The van der Waals surface area contributed by atoms with E-state index < -0.39 is 53.5 Å². The molecule has 4 amide bonds. The predicted octanol–water partition coefficient (Wildman–Crippen LogP) is 4.06. The maximum absolute atomic E-state index is 14.2. The lowest BCUT2D eigenvalue weighted by Crippen LogP contribution is -2.59. The Kier molecular flexibility index (Phi) is 10.3. The minimum absolute atomic E-state index is 0.258. The Balaban J connectivity index is 2.60.